The van der Waals surface area contributed by atoms with E-state index in [9.17, 15) is 8.78 Å². The number of halogens is 2. The first-order valence-electron chi connectivity index (χ1n) is 6.97. The SMILES string of the molecule is CCn1c(SCc2nccn2C(F)F)nnc1-c1ccncc1. The Morgan fingerprint density at radius 2 is 1.96 bits per heavy atom. The van der Waals surface area contributed by atoms with Gasteiger partial charge in [-0.1, -0.05) is 11.8 Å². The minimum absolute atomic E-state index is 0.297. The van der Waals surface area contributed by atoms with Gasteiger partial charge < -0.3 is 4.57 Å². The molecule has 0 aliphatic heterocycles. The van der Waals surface area contributed by atoms with Gasteiger partial charge in [0.25, 0.3) is 0 Å². The Morgan fingerprint density at radius 3 is 2.65 bits per heavy atom. The van der Waals surface area contributed by atoms with Crippen molar-refractivity contribution in [2.24, 2.45) is 0 Å². The lowest BCUT2D eigenvalue weighted by atomic mass is 10.2. The number of imidazole rings is 1. The van der Waals surface area contributed by atoms with Gasteiger partial charge in [-0.15, -0.1) is 10.2 Å². The second-order valence-corrected chi connectivity index (χ2v) is 5.55. The zero-order valence-electron chi connectivity index (χ0n) is 12.3. The molecule has 9 heteroatoms. The maximum Gasteiger partial charge on any atom is 0.319 e. The first kappa shape index (κ1) is 15.6. The number of hydrogen-bond acceptors (Lipinski definition) is 5. The number of thioether (sulfide) groups is 1. The molecule has 0 spiro atoms. The summed E-state index contributed by atoms with van der Waals surface area (Å²) in [7, 11) is 0. The van der Waals surface area contributed by atoms with Gasteiger partial charge in [-0.05, 0) is 19.1 Å². The van der Waals surface area contributed by atoms with Crippen LogP contribution >= 0.6 is 11.8 Å². The molecule has 0 radical (unpaired) electrons. The van der Waals surface area contributed by atoms with Crippen LogP contribution in [-0.4, -0.2) is 29.3 Å². The molecule has 23 heavy (non-hydrogen) atoms. The summed E-state index contributed by atoms with van der Waals surface area (Å²) >= 11 is 1.33. The molecule has 3 aromatic rings. The van der Waals surface area contributed by atoms with E-state index in [1.165, 1.54) is 24.2 Å². The van der Waals surface area contributed by atoms with E-state index in [4.69, 9.17) is 0 Å². The van der Waals surface area contributed by atoms with E-state index >= 15 is 0 Å². The highest BCUT2D eigenvalue weighted by molar-refractivity contribution is 7.98. The highest BCUT2D eigenvalue weighted by Crippen LogP contribution is 2.26. The van der Waals surface area contributed by atoms with Crippen LogP contribution in [0.2, 0.25) is 0 Å². The average Bonchev–Trinajstić information content (AvgIpc) is 3.20. The summed E-state index contributed by atoms with van der Waals surface area (Å²) in [5.74, 6) is 1.34. The van der Waals surface area contributed by atoms with Crippen molar-refractivity contribution in [2.75, 3.05) is 0 Å². The van der Waals surface area contributed by atoms with Gasteiger partial charge in [-0.2, -0.15) is 8.78 Å². The maximum absolute atomic E-state index is 12.8. The van der Waals surface area contributed by atoms with E-state index in [1.54, 1.807) is 12.4 Å². The summed E-state index contributed by atoms with van der Waals surface area (Å²) in [6.07, 6.45) is 6.02. The van der Waals surface area contributed by atoms with Crippen molar-refractivity contribution in [1.29, 1.82) is 0 Å². The number of aromatic nitrogens is 6. The average molecular weight is 336 g/mol. The van der Waals surface area contributed by atoms with E-state index in [0.717, 1.165) is 16.0 Å². The normalized spacial score (nSPS) is 11.3. The van der Waals surface area contributed by atoms with Crippen LogP contribution in [0.15, 0.2) is 42.1 Å². The lowest BCUT2D eigenvalue weighted by Crippen LogP contribution is -2.04. The molecule has 0 aromatic carbocycles. The molecule has 0 unspecified atom stereocenters. The quantitative estimate of drug-likeness (QED) is 0.647. The Bertz CT molecular complexity index is 771. The maximum atomic E-state index is 12.8. The van der Waals surface area contributed by atoms with Crippen LogP contribution in [-0.2, 0) is 12.3 Å². The molecule has 0 N–H and O–H groups in total. The van der Waals surface area contributed by atoms with Crippen molar-refractivity contribution in [3.8, 4) is 11.4 Å². The Balaban J connectivity index is 1.81. The van der Waals surface area contributed by atoms with Crippen LogP contribution < -0.4 is 0 Å². The zero-order chi connectivity index (χ0) is 16.2. The van der Waals surface area contributed by atoms with Gasteiger partial charge in [-0.25, -0.2) is 4.98 Å². The third-order valence-electron chi connectivity index (χ3n) is 3.26. The standard InChI is InChI=1S/C14H14F2N6S/c1-2-21-12(10-3-5-17-6-4-10)19-20-14(21)23-9-11-18-7-8-22(11)13(15)16/h3-8,13H,2,9H2,1H3. The van der Waals surface area contributed by atoms with Crippen LogP contribution in [0.5, 0.6) is 0 Å². The Kier molecular flexibility index (Phi) is 4.65. The highest BCUT2D eigenvalue weighted by Gasteiger charge is 2.16. The summed E-state index contributed by atoms with van der Waals surface area (Å²) in [6, 6.07) is 3.71. The minimum Gasteiger partial charge on any atom is -0.302 e. The van der Waals surface area contributed by atoms with Gasteiger partial charge in [0, 0.05) is 36.9 Å². The summed E-state index contributed by atoms with van der Waals surface area (Å²) in [5.41, 5.74) is 0.912. The molecular formula is C14H14F2N6S. The molecular weight excluding hydrogens is 322 g/mol. The highest BCUT2D eigenvalue weighted by atomic mass is 32.2. The van der Waals surface area contributed by atoms with Gasteiger partial charge in [-0.3, -0.25) is 9.55 Å². The van der Waals surface area contributed by atoms with Gasteiger partial charge in [0.05, 0.1) is 5.75 Å². The number of hydrogen-bond donors (Lipinski definition) is 0. The fourth-order valence-corrected chi connectivity index (χ4v) is 3.11. The van der Waals surface area contributed by atoms with E-state index < -0.39 is 6.55 Å². The summed E-state index contributed by atoms with van der Waals surface area (Å²) in [5, 5.41) is 9.04. The molecule has 0 aliphatic carbocycles. The molecule has 0 aliphatic rings. The molecule has 120 valence electrons. The summed E-state index contributed by atoms with van der Waals surface area (Å²) in [4.78, 5) is 7.95. The van der Waals surface area contributed by atoms with E-state index in [-0.39, 0.29) is 0 Å². The molecule has 0 fully saturated rings. The lowest BCUT2D eigenvalue weighted by Gasteiger charge is -2.08. The number of rotatable bonds is 6. The van der Waals surface area contributed by atoms with Gasteiger partial charge >= 0.3 is 6.55 Å². The minimum atomic E-state index is -2.59. The third-order valence-corrected chi connectivity index (χ3v) is 4.22. The van der Waals surface area contributed by atoms with Crippen molar-refractivity contribution in [2.45, 2.75) is 30.9 Å². The zero-order valence-corrected chi connectivity index (χ0v) is 13.1. The van der Waals surface area contributed by atoms with Crippen LogP contribution in [0.3, 0.4) is 0 Å². The second-order valence-electron chi connectivity index (χ2n) is 4.60. The molecule has 0 amide bonds. The third kappa shape index (κ3) is 3.24. The van der Waals surface area contributed by atoms with Crippen molar-refractivity contribution in [1.82, 2.24) is 29.3 Å². The van der Waals surface area contributed by atoms with Crippen LogP contribution in [0.4, 0.5) is 8.78 Å². The molecule has 3 heterocycles. The van der Waals surface area contributed by atoms with Crippen molar-refractivity contribution < 1.29 is 8.78 Å². The molecule has 0 bridgehead atoms. The van der Waals surface area contributed by atoms with Crippen LogP contribution in [0, 0.1) is 0 Å². The van der Waals surface area contributed by atoms with E-state index in [1.807, 2.05) is 23.6 Å². The largest absolute Gasteiger partial charge is 0.319 e. The summed E-state index contributed by atoms with van der Waals surface area (Å²) < 4.78 is 28.5. The predicted molar refractivity (Wildman–Crippen MR) is 82.0 cm³/mol. The van der Waals surface area contributed by atoms with E-state index in [2.05, 4.69) is 20.2 Å². The monoisotopic (exact) mass is 336 g/mol. The number of alkyl halides is 2. The van der Waals surface area contributed by atoms with Crippen LogP contribution in [0.25, 0.3) is 11.4 Å². The lowest BCUT2D eigenvalue weighted by molar-refractivity contribution is 0.0678. The molecule has 3 aromatic heterocycles. The smallest absolute Gasteiger partial charge is 0.302 e. The first-order valence-corrected chi connectivity index (χ1v) is 7.95. The fraction of sp³-hybridized carbons (Fsp3) is 0.286. The molecule has 0 atom stereocenters. The van der Waals surface area contributed by atoms with Gasteiger partial charge in [0.15, 0.2) is 11.0 Å². The van der Waals surface area contributed by atoms with Crippen LogP contribution in [0.1, 0.15) is 19.3 Å². The van der Waals surface area contributed by atoms with Crippen molar-refractivity contribution in [3.63, 3.8) is 0 Å². The topological polar surface area (TPSA) is 61.4 Å². The predicted octanol–water partition coefficient (Wildman–Crippen LogP) is 3.24. The second kappa shape index (κ2) is 6.86. The molecule has 3 rings (SSSR count). The summed E-state index contributed by atoms with van der Waals surface area (Å²) in [6.45, 7) is 0.0682. The fourth-order valence-electron chi connectivity index (χ4n) is 2.16. The number of pyridine rings is 1. The Morgan fingerprint density at radius 1 is 1.17 bits per heavy atom. The first-order chi connectivity index (χ1) is 11.2. The van der Waals surface area contributed by atoms with Gasteiger partial charge in [0.2, 0.25) is 0 Å². The molecule has 0 saturated carbocycles. The van der Waals surface area contributed by atoms with E-state index in [0.29, 0.717) is 23.3 Å². The Labute approximate surface area is 135 Å². The molecule has 6 nitrogen and oxygen atoms in total. The number of nitrogens with zero attached hydrogens (tertiary/aromatic N) is 6. The van der Waals surface area contributed by atoms with Gasteiger partial charge in [0.1, 0.15) is 5.82 Å². The van der Waals surface area contributed by atoms with Crippen molar-refractivity contribution in [3.05, 3.63) is 42.7 Å². The van der Waals surface area contributed by atoms with Crippen molar-refractivity contribution >= 4 is 11.8 Å². The Hall–Kier alpha value is -2.29. The molecule has 0 saturated heterocycles.